The van der Waals surface area contributed by atoms with Gasteiger partial charge in [0.25, 0.3) is 0 Å². The first-order chi connectivity index (χ1) is 7.69. The second kappa shape index (κ2) is 6.11. The van der Waals surface area contributed by atoms with Crippen LogP contribution in [0.3, 0.4) is 0 Å². The molecule has 2 nitrogen and oxygen atoms in total. The molecule has 16 heavy (non-hydrogen) atoms. The third-order valence-electron chi connectivity index (χ3n) is 2.56. The third kappa shape index (κ3) is 3.23. The van der Waals surface area contributed by atoms with E-state index < -0.39 is 0 Å². The number of esters is 1. The van der Waals surface area contributed by atoms with Gasteiger partial charge in [0.05, 0.1) is 5.92 Å². The van der Waals surface area contributed by atoms with Gasteiger partial charge in [-0.2, -0.15) is 0 Å². The molecule has 0 saturated carbocycles. The van der Waals surface area contributed by atoms with E-state index in [4.69, 9.17) is 4.74 Å². The summed E-state index contributed by atoms with van der Waals surface area (Å²) < 4.78 is 5.36. The molecule has 1 aromatic carbocycles. The third-order valence-corrected chi connectivity index (χ3v) is 2.56. The highest BCUT2D eigenvalue weighted by atomic mass is 16.5. The molecule has 0 spiro atoms. The monoisotopic (exact) mass is 218 g/mol. The minimum Gasteiger partial charge on any atom is -0.426 e. The van der Waals surface area contributed by atoms with Gasteiger partial charge >= 0.3 is 5.97 Å². The fourth-order valence-electron chi connectivity index (χ4n) is 1.30. The predicted octanol–water partition coefficient (Wildman–Crippen LogP) is 3.37. The Morgan fingerprint density at radius 3 is 2.81 bits per heavy atom. The van der Waals surface area contributed by atoms with Crippen molar-refractivity contribution in [2.24, 2.45) is 5.92 Å². The number of para-hydroxylation sites is 1. The number of carbonyl (C=O) groups is 1. The lowest BCUT2D eigenvalue weighted by Crippen LogP contribution is -2.17. The molecule has 1 atom stereocenters. The standard InChI is InChI=1S/C14H18O2/c1-4-8-12-9-6-7-10-13(12)16-14(15)11(3)5-2/h4,6-7,9-11H,1,5,8H2,2-3H3. The van der Waals surface area contributed by atoms with Gasteiger partial charge in [0.15, 0.2) is 0 Å². The summed E-state index contributed by atoms with van der Waals surface area (Å²) in [4.78, 5) is 11.7. The Morgan fingerprint density at radius 2 is 2.19 bits per heavy atom. The van der Waals surface area contributed by atoms with Crippen molar-refractivity contribution in [3.05, 3.63) is 42.5 Å². The molecule has 0 aliphatic carbocycles. The fraction of sp³-hybridized carbons (Fsp3) is 0.357. The van der Waals surface area contributed by atoms with Crippen molar-refractivity contribution in [2.45, 2.75) is 26.7 Å². The van der Waals surface area contributed by atoms with E-state index in [9.17, 15) is 4.79 Å². The SMILES string of the molecule is C=CCc1ccccc1OC(=O)C(C)CC. The zero-order valence-corrected chi connectivity index (χ0v) is 9.90. The summed E-state index contributed by atoms with van der Waals surface area (Å²) in [7, 11) is 0. The molecule has 0 bridgehead atoms. The average molecular weight is 218 g/mol. The van der Waals surface area contributed by atoms with Crippen molar-refractivity contribution in [3.8, 4) is 5.75 Å². The van der Waals surface area contributed by atoms with E-state index in [1.165, 1.54) is 0 Å². The van der Waals surface area contributed by atoms with E-state index in [2.05, 4.69) is 6.58 Å². The summed E-state index contributed by atoms with van der Waals surface area (Å²) in [6.45, 7) is 7.53. The summed E-state index contributed by atoms with van der Waals surface area (Å²) in [5.41, 5.74) is 0.995. The Hall–Kier alpha value is -1.57. The van der Waals surface area contributed by atoms with E-state index in [1.807, 2.05) is 38.1 Å². The van der Waals surface area contributed by atoms with Crippen LogP contribution in [0.2, 0.25) is 0 Å². The molecule has 2 heteroatoms. The first kappa shape index (κ1) is 12.5. The number of ether oxygens (including phenoxy) is 1. The molecule has 0 radical (unpaired) electrons. The lowest BCUT2D eigenvalue weighted by Gasteiger charge is -2.11. The molecule has 86 valence electrons. The molecule has 0 heterocycles. The van der Waals surface area contributed by atoms with Crippen LogP contribution in [0.1, 0.15) is 25.8 Å². The highest BCUT2D eigenvalue weighted by molar-refractivity contribution is 5.75. The number of rotatable bonds is 5. The molecule has 1 aromatic rings. The molecular formula is C14H18O2. The maximum atomic E-state index is 11.7. The molecular weight excluding hydrogens is 200 g/mol. The first-order valence-electron chi connectivity index (χ1n) is 5.59. The van der Waals surface area contributed by atoms with Gasteiger partial charge in [-0.3, -0.25) is 4.79 Å². The Morgan fingerprint density at radius 1 is 1.50 bits per heavy atom. The van der Waals surface area contributed by atoms with Crippen LogP contribution in [0.25, 0.3) is 0 Å². The minimum atomic E-state index is -0.168. The van der Waals surface area contributed by atoms with Gasteiger partial charge in [-0.1, -0.05) is 38.1 Å². The van der Waals surface area contributed by atoms with Gasteiger partial charge < -0.3 is 4.74 Å². The molecule has 0 aliphatic heterocycles. The van der Waals surface area contributed by atoms with Crippen LogP contribution >= 0.6 is 0 Å². The van der Waals surface area contributed by atoms with Gasteiger partial charge in [-0.05, 0) is 24.5 Å². The highest BCUT2D eigenvalue weighted by Crippen LogP contribution is 2.20. The Labute approximate surface area is 96.9 Å². The van der Waals surface area contributed by atoms with Crippen LogP contribution in [0, 0.1) is 5.92 Å². The first-order valence-corrected chi connectivity index (χ1v) is 5.59. The Balaban J connectivity index is 2.79. The second-order valence-electron chi connectivity index (χ2n) is 3.83. The van der Waals surface area contributed by atoms with Gasteiger partial charge in [0, 0.05) is 0 Å². The normalized spacial score (nSPS) is 11.9. The molecule has 0 N–H and O–H groups in total. The van der Waals surface area contributed by atoms with Gasteiger partial charge in [-0.15, -0.1) is 6.58 Å². The van der Waals surface area contributed by atoms with E-state index in [0.29, 0.717) is 12.2 Å². The van der Waals surface area contributed by atoms with Crippen molar-refractivity contribution in [1.82, 2.24) is 0 Å². The quantitative estimate of drug-likeness (QED) is 0.430. The van der Waals surface area contributed by atoms with Gasteiger partial charge in [0.1, 0.15) is 5.75 Å². The van der Waals surface area contributed by atoms with Crippen molar-refractivity contribution in [1.29, 1.82) is 0 Å². The Kier molecular flexibility index (Phi) is 4.77. The summed E-state index contributed by atoms with van der Waals surface area (Å²) >= 11 is 0. The van der Waals surface area contributed by atoms with Crippen LogP contribution in [0.5, 0.6) is 5.75 Å². The lowest BCUT2D eigenvalue weighted by molar-refractivity contribution is -0.138. The van der Waals surface area contributed by atoms with E-state index in [0.717, 1.165) is 12.0 Å². The maximum Gasteiger partial charge on any atom is 0.314 e. The van der Waals surface area contributed by atoms with E-state index in [-0.39, 0.29) is 11.9 Å². The van der Waals surface area contributed by atoms with Gasteiger partial charge in [0.2, 0.25) is 0 Å². The molecule has 0 aromatic heterocycles. The van der Waals surface area contributed by atoms with E-state index >= 15 is 0 Å². The molecule has 1 unspecified atom stereocenters. The number of allylic oxidation sites excluding steroid dienone is 1. The van der Waals surface area contributed by atoms with Crippen molar-refractivity contribution in [3.63, 3.8) is 0 Å². The van der Waals surface area contributed by atoms with Crippen molar-refractivity contribution in [2.75, 3.05) is 0 Å². The summed E-state index contributed by atoms with van der Waals surface area (Å²) in [6, 6.07) is 7.56. The average Bonchev–Trinajstić information content (AvgIpc) is 2.31. The summed E-state index contributed by atoms with van der Waals surface area (Å²) in [5, 5.41) is 0. The van der Waals surface area contributed by atoms with Crippen LogP contribution < -0.4 is 4.74 Å². The number of carbonyl (C=O) groups excluding carboxylic acids is 1. The lowest BCUT2D eigenvalue weighted by atomic mass is 10.1. The smallest absolute Gasteiger partial charge is 0.314 e. The highest BCUT2D eigenvalue weighted by Gasteiger charge is 2.14. The predicted molar refractivity (Wildman–Crippen MR) is 65.4 cm³/mol. The zero-order valence-electron chi connectivity index (χ0n) is 9.90. The second-order valence-corrected chi connectivity index (χ2v) is 3.83. The fourth-order valence-corrected chi connectivity index (χ4v) is 1.30. The van der Waals surface area contributed by atoms with E-state index in [1.54, 1.807) is 6.08 Å². The molecule has 0 amide bonds. The minimum absolute atomic E-state index is 0.0585. The molecule has 0 aliphatic rings. The maximum absolute atomic E-state index is 11.7. The van der Waals surface area contributed by atoms with Crippen molar-refractivity contribution < 1.29 is 9.53 Å². The van der Waals surface area contributed by atoms with Crippen LogP contribution in [0.15, 0.2) is 36.9 Å². The topological polar surface area (TPSA) is 26.3 Å². The summed E-state index contributed by atoms with van der Waals surface area (Å²) in [5.74, 6) is 0.420. The molecule has 0 fully saturated rings. The number of benzene rings is 1. The number of hydrogen-bond acceptors (Lipinski definition) is 2. The van der Waals surface area contributed by atoms with Crippen LogP contribution in [-0.2, 0) is 11.2 Å². The van der Waals surface area contributed by atoms with Gasteiger partial charge in [-0.25, -0.2) is 0 Å². The zero-order chi connectivity index (χ0) is 12.0. The van der Waals surface area contributed by atoms with Crippen LogP contribution in [0.4, 0.5) is 0 Å². The van der Waals surface area contributed by atoms with Crippen molar-refractivity contribution >= 4 is 5.97 Å². The van der Waals surface area contributed by atoms with Crippen LogP contribution in [-0.4, -0.2) is 5.97 Å². The molecule has 0 saturated heterocycles. The summed E-state index contributed by atoms with van der Waals surface area (Å²) in [6.07, 6.45) is 3.31. The number of hydrogen-bond donors (Lipinski definition) is 0. The molecule has 1 rings (SSSR count). The largest absolute Gasteiger partial charge is 0.426 e. The Bertz CT molecular complexity index is 369.